The molecule has 170 valence electrons. The van der Waals surface area contributed by atoms with Gasteiger partial charge in [0, 0.05) is 11.1 Å². The van der Waals surface area contributed by atoms with Crippen LogP contribution >= 0.6 is 11.6 Å². The molecule has 3 aromatic rings. The van der Waals surface area contributed by atoms with Crippen molar-refractivity contribution in [2.75, 3.05) is 18.1 Å². The van der Waals surface area contributed by atoms with Gasteiger partial charge in [0.2, 0.25) is 5.76 Å². The molecule has 1 amide bonds. The lowest BCUT2D eigenvalue weighted by molar-refractivity contribution is 0.0662. The molecule has 2 unspecified atom stereocenters. The number of hydrogen-bond acceptors (Lipinski definition) is 6. The van der Waals surface area contributed by atoms with Gasteiger partial charge < -0.3 is 14.1 Å². The second-order valence-electron chi connectivity index (χ2n) is 8.16. The average molecular weight is 486 g/mol. The van der Waals surface area contributed by atoms with Crippen LogP contribution in [0.2, 0.25) is 5.02 Å². The fraction of sp³-hybridized carbons (Fsp3) is 0.250. The summed E-state index contributed by atoms with van der Waals surface area (Å²) in [6, 6.07) is 10.3. The van der Waals surface area contributed by atoms with Crippen LogP contribution in [-0.4, -0.2) is 43.4 Å². The average Bonchev–Trinajstić information content (AvgIpc) is 3.29. The minimum Gasteiger partial charge on any atom is -0.490 e. The Hall–Kier alpha value is -3.10. The summed E-state index contributed by atoms with van der Waals surface area (Å²) >= 11 is 6.11. The van der Waals surface area contributed by atoms with Gasteiger partial charge in [0.1, 0.15) is 17.9 Å². The number of carbonyl (C=O) groups is 1. The van der Waals surface area contributed by atoms with Crippen molar-refractivity contribution < 1.29 is 22.4 Å². The van der Waals surface area contributed by atoms with E-state index in [1.54, 1.807) is 42.5 Å². The highest BCUT2D eigenvalue weighted by Crippen LogP contribution is 2.42. The fourth-order valence-corrected chi connectivity index (χ4v) is 6.47. The normalized spacial score (nSPS) is 21.4. The number of fused-ring (bicyclic) bond motifs is 2. The van der Waals surface area contributed by atoms with Gasteiger partial charge in [-0.25, -0.2) is 8.42 Å². The van der Waals surface area contributed by atoms with E-state index >= 15 is 0 Å². The smallest absolute Gasteiger partial charge is 0.291 e. The van der Waals surface area contributed by atoms with Gasteiger partial charge in [-0.3, -0.25) is 9.59 Å². The van der Waals surface area contributed by atoms with Crippen LogP contribution in [0.3, 0.4) is 0 Å². The summed E-state index contributed by atoms with van der Waals surface area (Å²) in [7, 11) is -3.28. The van der Waals surface area contributed by atoms with E-state index in [-0.39, 0.29) is 39.2 Å². The van der Waals surface area contributed by atoms with Gasteiger partial charge in [-0.2, -0.15) is 0 Å². The molecule has 5 rings (SSSR count). The minimum absolute atomic E-state index is 0.00798. The Labute approximate surface area is 195 Å². The van der Waals surface area contributed by atoms with Crippen LogP contribution < -0.4 is 10.2 Å². The van der Waals surface area contributed by atoms with Gasteiger partial charge in [0.05, 0.1) is 28.5 Å². The Morgan fingerprint density at radius 2 is 2.03 bits per heavy atom. The first-order valence-electron chi connectivity index (χ1n) is 10.4. The maximum Gasteiger partial charge on any atom is 0.291 e. The summed E-state index contributed by atoms with van der Waals surface area (Å²) in [5.41, 5.74) is 0.689. The van der Waals surface area contributed by atoms with Crippen molar-refractivity contribution in [3.05, 3.63) is 87.3 Å². The number of sulfone groups is 1. The SMILES string of the molecule is C=CCOc1cccc(C2c3c(oc4ccc(Cl)cc4c3=O)C(=O)N2C2CCS(=O)(=O)C2)c1. The lowest BCUT2D eigenvalue weighted by Crippen LogP contribution is -2.40. The van der Waals surface area contributed by atoms with Crippen LogP contribution in [0.15, 0.2) is 64.3 Å². The highest BCUT2D eigenvalue weighted by Gasteiger charge is 2.48. The number of halogens is 1. The minimum atomic E-state index is -3.28. The summed E-state index contributed by atoms with van der Waals surface area (Å²) in [6.45, 7) is 3.93. The van der Waals surface area contributed by atoms with Gasteiger partial charge >= 0.3 is 0 Å². The summed E-state index contributed by atoms with van der Waals surface area (Å²) < 4.78 is 36.0. The maximum atomic E-state index is 13.6. The molecule has 1 aromatic heterocycles. The lowest BCUT2D eigenvalue weighted by Gasteiger charge is -2.30. The maximum absolute atomic E-state index is 13.6. The first-order chi connectivity index (χ1) is 15.8. The van der Waals surface area contributed by atoms with E-state index < -0.39 is 27.8 Å². The molecule has 3 heterocycles. The van der Waals surface area contributed by atoms with Gasteiger partial charge in [-0.05, 0) is 42.3 Å². The van der Waals surface area contributed by atoms with Crippen molar-refractivity contribution in [1.29, 1.82) is 0 Å². The summed E-state index contributed by atoms with van der Waals surface area (Å²) in [5, 5.41) is 0.633. The van der Waals surface area contributed by atoms with Crippen molar-refractivity contribution >= 4 is 38.3 Å². The van der Waals surface area contributed by atoms with Gasteiger partial charge in [-0.15, -0.1) is 0 Å². The number of benzene rings is 2. The van der Waals surface area contributed by atoms with Crippen molar-refractivity contribution in [2.45, 2.75) is 18.5 Å². The van der Waals surface area contributed by atoms with Gasteiger partial charge in [0.15, 0.2) is 15.3 Å². The predicted octanol–water partition coefficient (Wildman–Crippen LogP) is 3.74. The zero-order valence-electron chi connectivity index (χ0n) is 17.5. The van der Waals surface area contributed by atoms with Crippen LogP contribution in [0, 0.1) is 0 Å². The highest BCUT2D eigenvalue weighted by atomic mass is 35.5. The Morgan fingerprint density at radius 3 is 2.76 bits per heavy atom. The van der Waals surface area contributed by atoms with Gasteiger partial charge in [-0.1, -0.05) is 36.4 Å². The van der Waals surface area contributed by atoms with Crippen LogP contribution in [0.1, 0.15) is 34.1 Å². The van der Waals surface area contributed by atoms with Crippen molar-refractivity contribution in [3.8, 4) is 5.75 Å². The monoisotopic (exact) mass is 485 g/mol. The molecule has 1 saturated heterocycles. The quantitative estimate of drug-likeness (QED) is 0.511. The first kappa shape index (κ1) is 21.7. The van der Waals surface area contributed by atoms with E-state index in [0.29, 0.717) is 29.4 Å². The molecule has 9 heteroatoms. The second-order valence-corrected chi connectivity index (χ2v) is 10.8. The third kappa shape index (κ3) is 3.73. The lowest BCUT2D eigenvalue weighted by atomic mass is 9.97. The van der Waals surface area contributed by atoms with E-state index in [9.17, 15) is 18.0 Å². The van der Waals surface area contributed by atoms with E-state index in [1.165, 1.54) is 11.0 Å². The van der Waals surface area contributed by atoms with Gasteiger partial charge in [0.25, 0.3) is 5.91 Å². The van der Waals surface area contributed by atoms with Crippen LogP contribution in [-0.2, 0) is 9.84 Å². The zero-order chi connectivity index (χ0) is 23.3. The molecule has 1 fully saturated rings. The van der Waals surface area contributed by atoms with Crippen molar-refractivity contribution in [3.63, 3.8) is 0 Å². The summed E-state index contributed by atoms with van der Waals surface area (Å²) in [6.07, 6.45) is 1.91. The third-order valence-electron chi connectivity index (χ3n) is 6.01. The number of nitrogens with zero attached hydrogens (tertiary/aromatic N) is 1. The molecular formula is C24H20ClNO6S. The molecule has 0 bridgehead atoms. The predicted molar refractivity (Wildman–Crippen MR) is 125 cm³/mol. The fourth-order valence-electron chi connectivity index (χ4n) is 4.59. The Balaban J connectivity index is 1.72. The number of carbonyl (C=O) groups excluding carboxylic acids is 1. The van der Waals surface area contributed by atoms with Crippen LogP contribution in [0.5, 0.6) is 5.75 Å². The molecule has 7 nitrogen and oxygen atoms in total. The van der Waals surface area contributed by atoms with E-state index in [1.807, 2.05) is 0 Å². The Bertz CT molecular complexity index is 1460. The Kier molecular flexibility index (Phi) is 5.29. The topological polar surface area (TPSA) is 93.9 Å². The van der Waals surface area contributed by atoms with Crippen molar-refractivity contribution in [2.24, 2.45) is 0 Å². The number of amides is 1. The van der Waals surface area contributed by atoms with Crippen molar-refractivity contribution in [1.82, 2.24) is 4.90 Å². The number of hydrogen-bond donors (Lipinski definition) is 0. The largest absolute Gasteiger partial charge is 0.490 e. The molecule has 0 N–H and O–H groups in total. The first-order valence-corrected chi connectivity index (χ1v) is 12.6. The van der Waals surface area contributed by atoms with E-state index in [2.05, 4.69) is 6.58 Å². The van der Waals surface area contributed by atoms with E-state index in [4.69, 9.17) is 20.8 Å². The second kappa shape index (κ2) is 8.04. The van der Waals surface area contributed by atoms with Crippen LogP contribution in [0.25, 0.3) is 11.0 Å². The molecule has 2 atom stereocenters. The van der Waals surface area contributed by atoms with Crippen LogP contribution in [0.4, 0.5) is 0 Å². The molecule has 0 saturated carbocycles. The summed E-state index contributed by atoms with van der Waals surface area (Å²) in [5.74, 6) is -0.188. The highest BCUT2D eigenvalue weighted by molar-refractivity contribution is 7.91. The molecule has 0 aliphatic carbocycles. The van der Waals surface area contributed by atoms with E-state index in [0.717, 1.165) is 0 Å². The molecule has 2 aromatic carbocycles. The zero-order valence-corrected chi connectivity index (χ0v) is 19.1. The molecule has 2 aliphatic rings. The third-order valence-corrected chi connectivity index (χ3v) is 8.00. The Morgan fingerprint density at radius 1 is 1.21 bits per heavy atom. The number of rotatable bonds is 5. The number of ether oxygens (including phenoxy) is 1. The molecular weight excluding hydrogens is 466 g/mol. The molecule has 2 aliphatic heterocycles. The molecule has 0 spiro atoms. The molecule has 0 radical (unpaired) electrons. The standard InChI is InChI=1S/C24H20ClNO6S/c1-2-9-31-17-5-3-4-14(11-17)21-20-22(27)18-12-15(25)6-7-19(18)32-23(20)24(28)26(21)16-8-10-33(29,30)13-16/h2-7,11-12,16,21H,1,8-10,13H2. The molecule has 33 heavy (non-hydrogen) atoms. The summed E-state index contributed by atoms with van der Waals surface area (Å²) in [4.78, 5) is 28.6.